The average molecular weight is 205 g/mol. The molecular weight excluding hydrogens is 195 g/mol. The van der Waals surface area contributed by atoms with Crippen molar-refractivity contribution < 1.29 is 0 Å². The summed E-state index contributed by atoms with van der Waals surface area (Å²) in [5.74, 6) is 0. The van der Waals surface area contributed by atoms with Crippen LogP contribution in [-0.4, -0.2) is 11.5 Å². The van der Waals surface area contributed by atoms with Crippen molar-refractivity contribution in [3.8, 4) is 0 Å². The number of hydrogen-bond donors (Lipinski definition) is 1. The van der Waals surface area contributed by atoms with Crippen LogP contribution < -0.4 is 5.73 Å². The number of nitrogens with two attached hydrogens (primary N) is 1. The van der Waals surface area contributed by atoms with Crippen LogP contribution in [-0.2, 0) is 6.42 Å². The van der Waals surface area contributed by atoms with Crippen LogP contribution >= 0.6 is 23.2 Å². The first-order valence-corrected chi connectivity index (χ1v) is 4.50. The summed E-state index contributed by atoms with van der Waals surface area (Å²) in [5.41, 5.74) is 6.46. The zero-order valence-electron chi connectivity index (χ0n) is 6.56. The number of halogens is 2. The first-order chi connectivity index (χ1) is 5.72. The molecule has 0 saturated carbocycles. The maximum atomic E-state index is 5.70. The van der Waals surface area contributed by atoms with Crippen molar-refractivity contribution >= 4 is 23.2 Å². The molecule has 12 heavy (non-hydrogen) atoms. The van der Waals surface area contributed by atoms with Crippen LogP contribution in [0.5, 0.6) is 0 Å². The fourth-order valence-electron chi connectivity index (χ4n) is 0.965. The maximum Gasteiger partial charge on any atom is 0.131 e. The molecule has 0 atom stereocenters. The fourth-order valence-corrected chi connectivity index (χ4v) is 1.47. The summed E-state index contributed by atoms with van der Waals surface area (Å²) >= 11 is 11.4. The summed E-state index contributed by atoms with van der Waals surface area (Å²) < 4.78 is 0. The van der Waals surface area contributed by atoms with Gasteiger partial charge in [0.05, 0.1) is 0 Å². The van der Waals surface area contributed by atoms with E-state index in [1.54, 1.807) is 0 Å². The van der Waals surface area contributed by atoms with E-state index >= 15 is 0 Å². The molecular formula is C8H10Cl2N2. The number of pyridine rings is 1. The zero-order valence-corrected chi connectivity index (χ0v) is 8.07. The van der Waals surface area contributed by atoms with E-state index < -0.39 is 0 Å². The van der Waals surface area contributed by atoms with E-state index in [-0.39, 0.29) is 0 Å². The van der Waals surface area contributed by atoms with Crippen molar-refractivity contribution in [2.45, 2.75) is 12.8 Å². The zero-order chi connectivity index (χ0) is 8.97. The minimum atomic E-state index is 0.439. The lowest BCUT2D eigenvalue weighted by atomic mass is 10.1. The Kier molecular flexibility index (Phi) is 3.79. The third-order valence-electron chi connectivity index (χ3n) is 1.49. The summed E-state index contributed by atoms with van der Waals surface area (Å²) in [7, 11) is 0. The molecule has 0 aliphatic carbocycles. The highest BCUT2D eigenvalue weighted by Gasteiger charge is 1.98. The molecule has 1 rings (SSSR count). The Hall–Kier alpha value is -0.310. The molecule has 4 heteroatoms. The highest BCUT2D eigenvalue weighted by molar-refractivity contribution is 6.32. The molecule has 2 N–H and O–H groups in total. The molecule has 0 aromatic carbocycles. The van der Waals surface area contributed by atoms with Gasteiger partial charge >= 0.3 is 0 Å². The molecule has 0 bridgehead atoms. The van der Waals surface area contributed by atoms with Crippen LogP contribution in [0.3, 0.4) is 0 Å². The lowest BCUT2D eigenvalue weighted by Gasteiger charge is -2.00. The molecule has 0 aliphatic rings. The number of aryl methyl sites for hydroxylation is 1. The molecule has 0 fully saturated rings. The lowest BCUT2D eigenvalue weighted by molar-refractivity contribution is 0.831. The van der Waals surface area contributed by atoms with Crippen molar-refractivity contribution in [1.29, 1.82) is 0 Å². The molecule has 1 aromatic rings. The second kappa shape index (κ2) is 4.65. The molecule has 0 radical (unpaired) electrons. The molecule has 0 aliphatic heterocycles. The van der Waals surface area contributed by atoms with Gasteiger partial charge in [-0.2, -0.15) is 0 Å². The van der Waals surface area contributed by atoms with Crippen molar-refractivity contribution in [3.63, 3.8) is 0 Å². The topological polar surface area (TPSA) is 38.9 Å². The standard InChI is InChI=1S/C8H10Cl2N2/c9-7-4-6(2-1-3-11)5-8(10)12-7/h4-5H,1-3,11H2. The summed E-state index contributed by atoms with van der Waals surface area (Å²) in [6.45, 7) is 0.678. The third kappa shape index (κ3) is 2.97. The van der Waals surface area contributed by atoms with Crippen molar-refractivity contribution in [2.75, 3.05) is 6.54 Å². The van der Waals surface area contributed by atoms with Crippen LogP contribution in [0.1, 0.15) is 12.0 Å². The number of aromatic nitrogens is 1. The summed E-state index contributed by atoms with van der Waals surface area (Å²) in [4.78, 5) is 3.84. The van der Waals surface area contributed by atoms with Crippen LogP contribution in [0.2, 0.25) is 10.3 Å². The first kappa shape index (κ1) is 9.78. The Labute approximate surface area is 81.7 Å². The van der Waals surface area contributed by atoms with Crippen molar-refractivity contribution in [1.82, 2.24) is 4.98 Å². The first-order valence-electron chi connectivity index (χ1n) is 3.74. The van der Waals surface area contributed by atoms with Gasteiger partial charge in [-0.05, 0) is 37.1 Å². The largest absolute Gasteiger partial charge is 0.330 e. The van der Waals surface area contributed by atoms with Gasteiger partial charge in [0.15, 0.2) is 0 Å². The maximum absolute atomic E-state index is 5.70. The molecule has 0 saturated heterocycles. The predicted octanol–water partition coefficient (Wildman–Crippen LogP) is 2.28. The van der Waals surface area contributed by atoms with Crippen molar-refractivity contribution in [3.05, 3.63) is 28.0 Å². The smallest absolute Gasteiger partial charge is 0.131 e. The minimum absolute atomic E-state index is 0.439. The number of rotatable bonds is 3. The quantitative estimate of drug-likeness (QED) is 0.768. The molecule has 1 aromatic heterocycles. The van der Waals surface area contributed by atoms with Gasteiger partial charge in [-0.25, -0.2) is 4.98 Å². The van der Waals surface area contributed by atoms with E-state index in [0.717, 1.165) is 18.4 Å². The normalized spacial score (nSPS) is 10.2. The Bertz CT molecular complexity index is 243. The van der Waals surface area contributed by atoms with Crippen LogP contribution in [0.25, 0.3) is 0 Å². The minimum Gasteiger partial charge on any atom is -0.330 e. The fraction of sp³-hybridized carbons (Fsp3) is 0.375. The summed E-state index contributed by atoms with van der Waals surface area (Å²) in [5, 5.41) is 0.879. The van der Waals surface area contributed by atoms with Crippen LogP contribution in [0, 0.1) is 0 Å². The van der Waals surface area contributed by atoms with E-state index in [1.165, 1.54) is 0 Å². The Morgan fingerprint density at radius 3 is 2.33 bits per heavy atom. The van der Waals surface area contributed by atoms with Gasteiger partial charge in [-0.3, -0.25) is 0 Å². The number of nitrogens with zero attached hydrogens (tertiary/aromatic N) is 1. The van der Waals surface area contributed by atoms with E-state index in [4.69, 9.17) is 28.9 Å². The lowest BCUT2D eigenvalue weighted by Crippen LogP contribution is -2.00. The third-order valence-corrected chi connectivity index (χ3v) is 1.88. The molecule has 0 amide bonds. The van der Waals surface area contributed by atoms with Gasteiger partial charge in [-0.1, -0.05) is 23.2 Å². The van der Waals surface area contributed by atoms with E-state index in [2.05, 4.69) is 4.98 Å². The van der Waals surface area contributed by atoms with Crippen LogP contribution in [0.15, 0.2) is 12.1 Å². The average Bonchev–Trinajstić information content (AvgIpc) is 1.99. The SMILES string of the molecule is NCCCc1cc(Cl)nc(Cl)c1. The van der Waals surface area contributed by atoms with Gasteiger partial charge in [0.2, 0.25) is 0 Å². The van der Waals surface area contributed by atoms with Crippen LogP contribution in [0.4, 0.5) is 0 Å². The molecule has 0 spiro atoms. The Balaban J connectivity index is 2.72. The van der Waals surface area contributed by atoms with Gasteiger partial charge in [0.1, 0.15) is 10.3 Å². The van der Waals surface area contributed by atoms with E-state index in [0.29, 0.717) is 16.9 Å². The summed E-state index contributed by atoms with van der Waals surface area (Å²) in [6, 6.07) is 3.62. The molecule has 2 nitrogen and oxygen atoms in total. The molecule has 66 valence electrons. The molecule has 1 heterocycles. The van der Waals surface area contributed by atoms with Crippen molar-refractivity contribution in [2.24, 2.45) is 5.73 Å². The second-order valence-electron chi connectivity index (χ2n) is 2.51. The molecule has 0 unspecified atom stereocenters. The Morgan fingerprint density at radius 1 is 1.25 bits per heavy atom. The predicted molar refractivity (Wildman–Crippen MR) is 51.6 cm³/mol. The van der Waals surface area contributed by atoms with Gasteiger partial charge in [0, 0.05) is 0 Å². The van der Waals surface area contributed by atoms with Gasteiger partial charge in [-0.15, -0.1) is 0 Å². The number of hydrogen-bond acceptors (Lipinski definition) is 2. The Morgan fingerprint density at radius 2 is 1.83 bits per heavy atom. The van der Waals surface area contributed by atoms with E-state index in [1.807, 2.05) is 12.1 Å². The monoisotopic (exact) mass is 204 g/mol. The highest BCUT2D eigenvalue weighted by Crippen LogP contribution is 2.15. The van der Waals surface area contributed by atoms with E-state index in [9.17, 15) is 0 Å². The van der Waals surface area contributed by atoms with Gasteiger partial charge in [0.25, 0.3) is 0 Å². The highest BCUT2D eigenvalue weighted by atomic mass is 35.5. The second-order valence-corrected chi connectivity index (χ2v) is 3.29. The van der Waals surface area contributed by atoms with Gasteiger partial charge < -0.3 is 5.73 Å². The summed E-state index contributed by atoms with van der Waals surface area (Å²) in [6.07, 6.45) is 1.84.